The maximum atomic E-state index is 6.56. The fraction of sp³-hybridized carbons (Fsp3) is 0.294. The average molecular weight is 237 g/mol. The Labute approximate surface area is 109 Å². The number of rotatable bonds is 3. The zero-order valence-electron chi connectivity index (χ0n) is 10.6. The van der Waals surface area contributed by atoms with Crippen LogP contribution in [-0.4, -0.2) is 5.54 Å². The van der Waals surface area contributed by atoms with Crippen molar-refractivity contribution in [2.24, 2.45) is 5.73 Å². The molecule has 0 spiro atoms. The van der Waals surface area contributed by atoms with Gasteiger partial charge in [0.25, 0.3) is 0 Å². The quantitative estimate of drug-likeness (QED) is 0.872. The summed E-state index contributed by atoms with van der Waals surface area (Å²) in [6, 6.07) is 19.3. The molecule has 0 aliphatic heterocycles. The minimum Gasteiger partial charge on any atom is -0.324 e. The highest BCUT2D eigenvalue weighted by atomic mass is 14.7. The molecule has 0 bridgehead atoms. The summed E-state index contributed by atoms with van der Waals surface area (Å²) < 4.78 is 0. The van der Waals surface area contributed by atoms with Crippen LogP contribution in [0.25, 0.3) is 0 Å². The van der Waals surface area contributed by atoms with Gasteiger partial charge in [0.05, 0.1) is 0 Å². The van der Waals surface area contributed by atoms with E-state index in [4.69, 9.17) is 5.73 Å². The molecule has 92 valence electrons. The Morgan fingerprint density at radius 2 is 1.39 bits per heavy atom. The molecule has 18 heavy (non-hydrogen) atoms. The normalized spacial score (nSPS) is 16.5. The van der Waals surface area contributed by atoms with Gasteiger partial charge in [-0.25, -0.2) is 0 Å². The molecule has 2 aromatic carbocycles. The molecule has 0 unspecified atom stereocenters. The van der Waals surface area contributed by atoms with Crippen molar-refractivity contribution in [2.75, 3.05) is 0 Å². The Morgan fingerprint density at radius 3 is 2.00 bits per heavy atom. The maximum absolute atomic E-state index is 6.56. The summed E-state index contributed by atoms with van der Waals surface area (Å²) in [7, 11) is 0. The number of aryl methyl sites for hydroxylation is 1. The fourth-order valence-corrected chi connectivity index (χ4v) is 2.94. The molecule has 1 heteroatoms. The van der Waals surface area contributed by atoms with Crippen molar-refractivity contribution >= 4 is 0 Å². The first-order chi connectivity index (χ1) is 8.75. The summed E-state index contributed by atoms with van der Waals surface area (Å²) in [4.78, 5) is 0. The van der Waals surface area contributed by atoms with Crippen LogP contribution in [0.15, 0.2) is 54.6 Å². The first-order valence-corrected chi connectivity index (χ1v) is 6.65. The van der Waals surface area contributed by atoms with Crippen LogP contribution in [0.4, 0.5) is 0 Å². The van der Waals surface area contributed by atoms with Gasteiger partial charge in [-0.1, -0.05) is 54.6 Å². The van der Waals surface area contributed by atoms with Gasteiger partial charge in [-0.2, -0.15) is 0 Å². The van der Waals surface area contributed by atoms with Crippen LogP contribution < -0.4 is 5.73 Å². The maximum Gasteiger partial charge on any atom is 0.0239 e. The first kappa shape index (κ1) is 11.5. The largest absolute Gasteiger partial charge is 0.324 e. The molecule has 0 amide bonds. The van der Waals surface area contributed by atoms with Crippen molar-refractivity contribution in [3.8, 4) is 0 Å². The van der Waals surface area contributed by atoms with Crippen molar-refractivity contribution < 1.29 is 0 Å². The molecule has 2 N–H and O–H groups in total. The molecular formula is C17H19N. The topological polar surface area (TPSA) is 26.0 Å². The summed E-state index contributed by atoms with van der Waals surface area (Å²) in [6.07, 6.45) is 4.18. The SMILES string of the molecule is NC1(CCc2ccccc2)Cc2ccccc2C1. The monoisotopic (exact) mass is 237 g/mol. The van der Waals surface area contributed by atoms with Gasteiger partial charge in [-0.3, -0.25) is 0 Å². The lowest BCUT2D eigenvalue weighted by Gasteiger charge is -2.23. The molecule has 0 heterocycles. The van der Waals surface area contributed by atoms with E-state index in [1.807, 2.05) is 0 Å². The highest BCUT2D eigenvalue weighted by molar-refractivity contribution is 5.36. The van der Waals surface area contributed by atoms with E-state index in [1.54, 1.807) is 0 Å². The lowest BCUT2D eigenvalue weighted by Crippen LogP contribution is -2.41. The van der Waals surface area contributed by atoms with E-state index in [9.17, 15) is 0 Å². The third-order valence-electron chi connectivity index (χ3n) is 3.96. The molecule has 1 nitrogen and oxygen atoms in total. The summed E-state index contributed by atoms with van der Waals surface area (Å²) in [6.45, 7) is 0. The zero-order chi connectivity index (χ0) is 12.4. The number of hydrogen-bond acceptors (Lipinski definition) is 1. The molecule has 0 saturated carbocycles. The van der Waals surface area contributed by atoms with Gasteiger partial charge in [0.15, 0.2) is 0 Å². The van der Waals surface area contributed by atoms with Crippen LogP contribution in [0.2, 0.25) is 0 Å². The third-order valence-corrected chi connectivity index (χ3v) is 3.96. The lowest BCUT2D eigenvalue weighted by atomic mass is 9.89. The average Bonchev–Trinajstić information content (AvgIpc) is 2.74. The standard InChI is InChI=1S/C17H19N/c18-17(11-10-14-6-2-1-3-7-14)12-15-8-4-5-9-16(15)13-17/h1-9H,10-13,18H2. The van der Waals surface area contributed by atoms with E-state index in [1.165, 1.54) is 16.7 Å². The minimum atomic E-state index is -0.0421. The molecule has 0 atom stereocenters. The van der Waals surface area contributed by atoms with Crippen molar-refractivity contribution in [1.29, 1.82) is 0 Å². The van der Waals surface area contributed by atoms with Crippen LogP contribution >= 0.6 is 0 Å². The van der Waals surface area contributed by atoms with Crippen molar-refractivity contribution in [1.82, 2.24) is 0 Å². The smallest absolute Gasteiger partial charge is 0.0239 e. The Morgan fingerprint density at radius 1 is 0.833 bits per heavy atom. The Bertz CT molecular complexity index is 505. The van der Waals surface area contributed by atoms with Crippen molar-refractivity contribution in [3.05, 3.63) is 71.3 Å². The fourth-order valence-electron chi connectivity index (χ4n) is 2.94. The molecule has 0 fully saturated rings. The molecule has 0 saturated heterocycles. The zero-order valence-corrected chi connectivity index (χ0v) is 10.6. The van der Waals surface area contributed by atoms with Crippen LogP contribution in [-0.2, 0) is 19.3 Å². The van der Waals surface area contributed by atoms with E-state index in [0.717, 1.165) is 25.7 Å². The predicted octanol–water partition coefficient (Wildman–Crippen LogP) is 3.12. The van der Waals surface area contributed by atoms with Crippen molar-refractivity contribution in [2.45, 2.75) is 31.2 Å². The van der Waals surface area contributed by atoms with E-state index in [0.29, 0.717) is 0 Å². The Balaban J connectivity index is 1.68. The van der Waals surface area contributed by atoms with Gasteiger partial charge in [0.2, 0.25) is 0 Å². The number of benzene rings is 2. The summed E-state index contributed by atoms with van der Waals surface area (Å²) in [5.41, 5.74) is 10.8. The molecule has 3 rings (SSSR count). The molecule has 1 aliphatic rings. The number of fused-ring (bicyclic) bond motifs is 1. The highest BCUT2D eigenvalue weighted by Gasteiger charge is 2.32. The number of nitrogens with two attached hydrogens (primary N) is 1. The van der Waals surface area contributed by atoms with Gasteiger partial charge in [0.1, 0.15) is 0 Å². The molecule has 1 aliphatic carbocycles. The van der Waals surface area contributed by atoms with E-state index >= 15 is 0 Å². The van der Waals surface area contributed by atoms with Crippen LogP contribution in [0, 0.1) is 0 Å². The second-order valence-electron chi connectivity index (χ2n) is 5.47. The van der Waals surface area contributed by atoms with Crippen LogP contribution in [0.5, 0.6) is 0 Å². The highest BCUT2D eigenvalue weighted by Crippen LogP contribution is 2.31. The van der Waals surface area contributed by atoms with Crippen LogP contribution in [0.3, 0.4) is 0 Å². The Hall–Kier alpha value is -1.60. The molecule has 0 radical (unpaired) electrons. The second kappa shape index (κ2) is 4.58. The van der Waals surface area contributed by atoms with Gasteiger partial charge in [-0.05, 0) is 42.4 Å². The first-order valence-electron chi connectivity index (χ1n) is 6.65. The van der Waals surface area contributed by atoms with Gasteiger partial charge in [-0.15, -0.1) is 0 Å². The summed E-state index contributed by atoms with van der Waals surface area (Å²) in [5, 5.41) is 0. The van der Waals surface area contributed by atoms with Crippen LogP contribution in [0.1, 0.15) is 23.1 Å². The van der Waals surface area contributed by atoms with E-state index < -0.39 is 0 Å². The summed E-state index contributed by atoms with van der Waals surface area (Å²) in [5.74, 6) is 0. The Kier molecular flexibility index (Phi) is 2.92. The van der Waals surface area contributed by atoms with Crippen molar-refractivity contribution in [3.63, 3.8) is 0 Å². The summed E-state index contributed by atoms with van der Waals surface area (Å²) >= 11 is 0. The molecular weight excluding hydrogens is 218 g/mol. The van der Waals surface area contributed by atoms with Gasteiger partial charge in [0, 0.05) is 5.54 Å². The second-order valence-corrected chi connectivity index (χ2v) is 5.47. The van der Waals surface area contributed by atoms with Gasteiger partial charge >= 0.3 is 0 Å². The third kappa shape index (κ3) is 2.32. The molecule has 0 aromatic heterocycles. The van der Waals surface area contributed by atoms with E-state index in [2.05, 4.69) is 54.6 Å². The number of hydrogen-bond donors (Lipinski definition) is 1. The lowest BCUT2D eigenvalue weighted by molar-refractivity contribution is 0.414. The predicted molar refractivity (Wildman–Crippen MR) is 75.5 cm³/mol. The van der Waals surface area contributed by atoms with E-state index in [-0.39, 0.29) is 5.54 Å². The van der Waals surface area contributed by atoms with Gasteiger partial charge < -0.3 is 5.73 Å². The minimum absolute atomic E-state index is 0.0421. The molecule has 2 aromatic rings.